The van der Waals surface area contributed by atoms with Gasteiger partial charge in [0.25, 0.3) is 5.91 Å². The number of carbonyl (C=O) groups excluding carboxylic acids is 1. The number of hydrogen-bond acceptors (Lipinski definition) is 7. The Labute approximate surface area is 228 Å². The van der Waals surface area contributed by atoms with E-state index in [4.69, 9.17) is 11.6 Å². The minimum Gasteiger partial charge on any atom is -0.354 e. The number of sulfone groups is 1. The van der Waals surface area contributed by atoms with E-state index in [0.29, 0.717) is 5.02 Å². The monoisotopic (exact) mass is 577 g/mol. The molecule has 4 rings (SSSR count). The highest BCUT2D eigenvalue weighted by Gasteiger charge is 2.42. The Bertz CT molecular complexity index is 1530. The largest absolute Gasteiger partial charge is 0.417 e. The number of carbonyl (C=O) groups is 1. The maximum Gasteiger partial charge on any atom is 0.417 e. The van der Waals surface area contributed by atoms with Crippen LogP contribution in [-0.4, -0.2) is 49.2 Å². The van der Waals surface area contributed by atoms with E-state index < -0.39 is 37.6 Å². The van der Waals surface area contributed by atoms with Crippen LogP contribution in [0.15, 0.2) is 59.6 Å². The highest BCUT2D eigenvalue weighted by Crippen LogP contribution is 2.37. The topological polar surface area (TPSA) is 116 Å². The van der Waals surface area contributed by atoms with Crippen LogP contribution in [0, 0.1) is 11.3 Å². The first-order valence-electron chi connectivity index (χ1n) is 11.9. The van der Waals surface area contributed by atoms with Gasteiger partial charge in [0.2, 0.25) is 5.82 Å². The number of nitrogens with zero attached hydrogens (tertiary/aromatic N) is 4. The van der Waals surface area contributed by atoms with E-state index in [2.05, 4.69) is 15.3 Å². The molecule has 1 saturated heterocycles. The number of amides is 1. The first-order valence-corrected chi connectivity index (χ1v) is 13.8. The van der Waals surface area contributed by atoms with E-state index in [9.17, 15) is 31.6 Å². The van der Waals surface area contributed by atoms with Crippen LogP contribution in [0.3, 0.4) is 0 Å². The van der Waals surface area contributed by atoms with Crippen LogP contribution in [0.1, 0.15) is 46.6 Å². The molecule has 1 N–H and O–H groups in total. The van der Waals surface area contributed by atoms with Gasteiger partial charge in [-0.15, -0.1) is 0 Å². The maximum absolute atomic E-state index is 13.5. The Kier molecular flexibility index (Phi) is 8.13. The molecular formula is C26H23ClF3N5O3S. The van der Waals surface area contributed by atoms with Crippen LogP contribution in [0.25, 0.3) is 0 Å². The van der Waals surface area contributed by atoms with E-state index in [0.717, 1.165) is 23.8 Å². The van der Waals surface area contributed by atoms with Gasteiger partial charge in [-0.2, -0.15) is 18.4 Å². The number of alkyl halides is 3. The normalized spacial score (nSPS) is 16.5. The molecule has 8 nitrogen and oxygen atoms in total. The van der Waals surface area contributed by atoms with Gasteiger partial charge in [-0.05, 0) is 42.2 Å². The van der Waals surface area contributed by atoms with Crippen LogP contribution in [0.4, 0.5) is 19.0 Å². The van der Waals surface area contributed by atoms with Crippen LogP contribution >= 0.6 is 11.6 Å². The highest BCUT2D eigenvalue weighted by molar-refractivity contribution is 7.92. The van der Waals surface area contributed by atoms with Gasteiger partial charge < -0.3 is 10.2 Å². The first-order chi connectivity index (χ1) is 18.4. The van der Waals surface area contributed by atoms with Gasteiger partial charge in [0, 0.05) is 30.9 Å². The van der Waals surface area contributed by atoms with Crippen molar-refractivity contribution in [2.24, 2.45) is 0 Å². The maximum atomic E-state index is 13.5. The molecule has 39 heavy (non-hydrogen) atoms. The zero-order chi connectivity index (χ0) is 28.4. The number of benzene rings is 2. The van der Waals surface area contributed by atoms with E-state index in [1.165, 1.54) is 17.2 Å². The summed E-state index contributed by atoms with van der Waals surface area (Å²) in [6, 6.07) is 13.0. The molecule has 1 aromatic heterocycles. The Morgan fingerprint density at radius 1 is 1.23 bits per heavy atom. The molecule has 0 saturated carbocycles. The Balaban J connectivity index is 1.56. The van der Waals surface area contributed by atoms with Crippen molar-refractivity contribution in [1.29, 1.82) is 5.26 Å². The lowest BCUT2D eigenvalue weighted by Crippen LogP contribution is -2.33. The Hall–Kier alpha value is -3.69. The molecule has 2 atom stereocenters. The molecule has 1 fully saturated rings. The number of nitriles is 1. The number of hydrogen-bond donors (Lipinski definition) is 1. The van der Waals surface area contributed by atoms with Crippen molar-refractivity contribution in [3.05, 3.63) is 82.3 Å². The average Bonchev–Trinajstić information content (AvgIpc) is 3.42. The van der Waals surface area contributed by atoms with Gasteiger partial charge in [0.05, 0.1) is 15.7 Å². The van der Waals surface area contributed by atoms with Crippen molar-refractivity contribution < 1.29 is 26.4 Å². The van der Waals surface area contributed by atoms with Gasteiger partial charge in [0.1, 0.15) is 17.5 Å². The number of anilines is 1. The van der Waals surface area contributed by atoms with E-state index in [1.807, 2.05) is 19.1 Å². The fraction of sp³-hybridized carbons (Fsp3) is 0.308. The van der Waals surface area contributed by atoms with Crippen LogP contribution < -0.4 is 10.2 Å². The summed E-state index contributed by atoms with van der Waals surface area (Å²) in [6.45, 7) is 2.05. The van der Waals surface area contributed by atoms with Crippen LogP contribution in [-0.2, 0) is 16.0 Å². The van der Waals surface area contributed by atoms with Crippen molar-refractivity contribution >= 4 is 33.2 Å². The van der Waals surface area contributed by atoms with Gasteiger partial charge in [0.15, 0.2) is 9.84 Å². The molecule has 1 aliphatic rings. The molecule has 1 aliphatic heterocycles. The summed E-state index contributed by atoms with van der Waals surface area (Å²) < 4.78 is 67.1. The molecule has 1 amide bonds. The van der Waals surface area contributed by atoms with Crippen molar-refractivity contribution in [1.82, 2.24) is 15.3 Å². The van der Waals surface area contributed by atoms with Gasteiger partial charge >= 0.3 is 6.18 Å². The zero-order valence-electron chi connectivity index (χ0n) is 20.6. The van der Waals surface area contributed by atoms with Crippen LogP contribution in [0.5, 0.6) is 0 Å². The number of aromatic nitrogens is 2. The SMILES string of the molecule is CC(CNC(=O)c1cnc(C#N)nc1N1CC[C@H](S(=O)(=O)c2ccccc2C(F)(F)F)C1)c1ccc(Cl)cc1. The summed E-state index contributed by atoms with van der Waals surface area (Å²) in [6.07, 6.45) is -3.65. The average molecular weight is 578 g/mol. The summed E-state index contributed by atoms with van der Waals surface area (Å²) in [5, 5.41) is 11.5. The lowest BCUT2D eigenvalue weighted by Gasteiger charge is -2.21. The summed E-state index contributed by atoms with van der Waals surface area (Å²) in [4.78, 5) is 21.8. The summed E-state index contributed by atoms with van der Waals surface area (Å²) >= 11 is 5.93. The zero-order valence-corrected chi connectivity index (χ0v) is 22.2. The van der Waals surface area contributed by atoms with Crippen molar-refractivity contribution in [3.8, 4) is 6.07 Å². The molecule has 2 heterocycles. The standard InChI is InChI=1S/C26H23ClF3N5O3S/c1-16(17-6-8-18(27)9-7-17)13-33-25(36)20-14-32-23(12-31)34-24(20)35-11-10-19(15-35)39(37,38)22-5-3-2-4-21(22)26(28,29)30/h2-9,14,16,19H,10-11,13,15H2,1H3,(H,33,36)/t16?,19-/m0/s1. The summed E-state index contributed by atoms with van der Waals surface area (Å²) in [7, 11) is -4.38. The summed E-state index contributed by atoms with van der Waals surface area (Å²) in [5.74, 6) is -0.794. The molecule has 2 aromatic carbocycles. The quantitative estimate of drug-likeness (QED) is 0.436. The lowest BCUT2D eigenvalue weighted by atomic mass is 10.0. The van der Waals surface area contributed by atoms with Crippen molar-refractivity contribution in [2.45, 2.75) is 35.6 Å². The molecule has 1 unspecified atom stereocenters. The second-order valence-corrected chi connectivity index (χ2v) is 11.7. The van der Waals surface area contributed by atoms with Gasteiger partial charge in [-0.25, -0.2) is 18.4 Å². The van der Waals surface area contributed by atoms with Crippen molar-refractivity contribution in [3.63, 3.8) is 0 Å². The van der Waals surface area contributed by atoms with E-state index in [-0.39, 0.29) is 49.2 Å². The molecule has 0 radical (unpaired) electrons. The van der Waals surface area contributed by atoms with Crippen molar-refractivity contribution in [2.75, 3.05) is 24.5 Å². The first kappa shape index (κ1) is 28.3. The Morgan fingerprint density at radius 2 is 1.92 bits per heavy atom. The third-order valence-electron chi connectivity index (χ3n) is 6.50. The summed E-state index contributed by atoms with van der Waals surface area (Å²) in [5.41, 5.74) is -0.263. The fourth-order valence-electron chi connectivity index (χ4n) is 4.38. The number of nitrogens with one attached hydrogen (secondary N) is 1. The predicted octanol–water partition coefficient (Wildman–Crippen LogP) is 4.61. The van der Waals surface area contributed by atoms with Crippen LogP contribution in [0.2, 0.25) is 5.02 Å². The molecular weight excluding hydrogens is 555 g/mol. The van der Waals surface area contributed by atoms with Gasteiger partial charge in [-0.1, -0.05) is 42.8 Å². The minimum atomic E-state index is -4.84. The molecule has 204 valence electrons. The smallest absolute Gasteiger partial charge is 0.354 e. The highest BCUT2D eigenvalue weighted by atomic mass is 35.5. The second-order valence-electron chi connectivity index (χ2n) is 9.10. The van der Waals surface area contributed by atoms with E-state index >= 15 is 0 Å². The fourth-order valence-corrected chi connectivity index (χ4v) is 6.42. The minimum absolute atomic E-state index is 0.00900. The molecule has 0 spiro atoms. The lowest BCUT2D eigenvalue weighted by molar-refractivity contribution is -0.139. The molecule has 0 aliphatic carbocycles. The number of rotatable bonds is 7. The Morgan fingerprint density at radius 3 is 2.59 bits per heavy atom. The van der Waals surface area contributed by atoms with Gasteiger partial charge in [-0.3, -0.25) is 4.79 Å². The third-order valence-corrected chi connectivity index (χ3v) is 8.99. The molecule has 3 aromatic rings. The third kappa shape index (κ3) is 6.15. The molecule has 13 heteroatoms. The molecule has 0 bridgehead atoms. The number of halogens is 4. The predicted molar refractivity (Wildman–Crippen MR) is 138 cm³/mol. The second kappa shape index (κ2) is 11.2. The van der Waals surface area contributed by atoms with E-state index in [1.54, 1.807) is 18.2 Å².